The van der Waals surface area contributed by atoms with Crippen molar-refractivity contribution in [2.24, 2.45) is 7.05 Å². The van der Waals surface area contributed by atoms with Gasteiger partial charge in [-0.25, -0.2) is 4.98 Å². The summed E-state index contributed by atoms with van der Waals surface area (Å²) in [6, 6.07) is 11.2. The van der Waals surface area contributed by atoms with Gasteiger partial charge in [0.1, 0.15) is 5.75 Å². The van der Waals surface area contributed by atoms with E-state index >= 15 is 0 Å². The maximum Gasteiger partial charge on any atom is 0.251 e. The lowest BCUT2D eigenvalue weighted by Crippen LogP contribution is -2.24. The van der Waals surface area contributed by atoms with Crippen LogP contribution in [0.25, 0.3) is 11.1 Å². The highest BCUT2D eigenvalue weighted by molar-refractivity contribution is 5.96. The number of amides is 1. The van der Waals surface area contributed by atoms with Gasteiger partial charge in [0, 0.05) is 49.0 Å². The number of hydrogen-bond acceptors (Lipinski definition) is 6. The first-order chi connectivity index (χ1) is 16.9. The molecule has 9 heteroatoms. The number of ether oxygens (including phenoxy) is 2. The highest BCUT2D eigenvalue weighted by Crippen LogP contribution is 2.30. The molecule has 4 aromatic rings. The molecule has 0 saturated heterocycles. The third-order valence-electron chi connectivity index (χ3n) is 5.63. The lowest BCUT2D eigenvalue weighted by molar-refractivity contribution is 0.0950. The molecule has 0 fully saturated rings. The van der Waals surface area contributed by atoms with E-state index in [1.807, 2.05) is 55.2 Å². The van der Waals surface area contributed by atoms with Gasteiger partial charge in [-0.3, -0.25) is 15.2 Å². The van der Waals surface area contributed by atoms with Crippen LogP contribution in [-0.2, 0) is 20.1 Å². The quantitative estimate of drug-likeness (QED) is 0.410. The largest absolute Gasteiger partial charge is 0.497 e. The average molecular weight is 473 g/mol. The normalized spacial score (nSPS) is 10.7. The number of aryl methyl sites for hydroxylation is 2. The average Bonchev–Trinajstić information content (AvgIpc) is 3.19. The van der Waals surface area contributed by atoms with Gasteiger partial charge in [0.2, 0.25) is 11.5 Å². The van der Waals surface area contributed by atoms with Crippen molar-refractivity contribution in [3.63, 3.8) is 0 Å². The van der Waals surface area contributed by atoms with Crippen LogP contribution in [0.2, 0.25) is 0 Å². The fourth-order valence-electron chi connectivity index (χ4n) is 3.80. The molecule has 0 radical (unpaired) electrons. The van der Waals surface area contributed by atoms with Crippen LogP contribution in [0.1, 0.15) is 27.2 Å². The van der Waals surface area contributed by atoms with E-state index in [1.54, 1.807) is 43.3 Å². The number of benzene rings is 1. The maximum absolute atomic E-state index is 13.2. The molecular weight excluding hydrogens is 444 g/mol. The van der Waals surface area contributed by atoms with Crippen LogP contribution in [0.4, 0.5) is 0 Å². The number of imidazole rings is 1. The third kappa shape index (κ3) is 5.40. The lowest BCUT2D eigenvalue weighted by Gasteiger charge is -2.14. The van der Waals surface area contributed by atoms with Crippen LogP contribution >= 0.6 is 0 Å². The van der Waals surface area contributed by atoms with Crippen molar-refractivity contribution in [1.82, 2.24) is 24.4 Å². The van der Waals surface area contributed by atoms with E-state index in [9.17, 15) is 4.79 Å². The molecule has 0 aliphatic rings. The summed E-state index contributed by atoms with van der Waals surface area (Å²) in [4.78, 5) is 21.9. The van der Waals surface area contributed by atoms with Gasteiger partial charge in [0.05, 0.1) is 33.0 Å². The van der Waals surface area contributed by atoms with E-state index in [-0.39, 0.29) is 12.5 Å². The zero-order valence-electron chi connectivity index (χ0n) is 20.2. The molecule has 0 aliphatic heterocycles. The van der Waals surface area contributed by atoms with Crippen LogP contribution in [-0.4, -0.2) is 39.2 Å². The summed E-state index contributed by atoms with van der Waals surface area (Å²) in [6.07, 6.45) is 7.06. The Hall–Kier alpha value is -4.40. The molecule has 1 amide bonds. The molecule has 35 heavy (non-hydrogen) atoms. The monoisotopic (exact) mass is 472 g/mol. The van der Waals surface area contributed by atoms with Gasteiger partial charge >= 0.3 is 0 Å². The minimum atomic E-state index is -0.235. The van der Waals surface area contributed by atoms with Crippen LogP contribution < -0.4 is 20.4 Å². The van der Waals surface area contributed by atoms with Gasteiger partial charge in [-0.1, -0.05) is 0 Å². The zero-order valence-corrected chi connectivity index (χ0v) is 20.2. The van der Waals surface area contributed by atoms with E-state index in [0.717, 1.165) is 22.3 Å². The summed E-state index contributed by atoms with van der Waals surface area (Å²) < 4.78 is 14.3. The van der Waals surface area contributed by atoms with Crippen LogP contribution in [0.3, 0.4) is 0 Å². The Kier molecular flexibility index (Phi) is 6.96. The number of nitrogens with zero attached hydrogens (tertiary/aromatic N) is 4. The molecular formula is C26H28N6O3. The molecule has 3 heterocycles. The molecule has 0 saturated carbocycles. The molecule has 180 valence electrons. The lowest BCUT2D eigenvalue weighted by atomic mass is 9.99. The standard InChI is InChI=1S/C26H28N6O3/c1-17-9-23(25(35-4)30-14-17)19-10-18(16-32-8-7-31(2)26(32)27)11-20(12-19)24(33)29-15-21-13-22(34-3)5-6-28-21/h5-14,27H,15-16H2,1-4H3,(H,29,33). The predicted octanol–water partition coefficient (Wildman–Crippen LogP) is 3.07. The van der Waals surface area contributed by atoms with Gasteiger partial charge in [-0.15, -0.1) is 0 Å². The van der Waals surface area contributed by atoms with Crippen molar-refractivity contribution in [2.45, 2.75) is 20.0 Å². The number of pyridine rings is 2. The minimum Gasteiger partial charge on any atom is -0.497 e. The Balaban J connectivity index is 1.70. The van der Waals surface area contributed by atoms with Gasteiger partial charge < -0.3 is 23.9 Å². The molecule has 0 bridgehead atoms. The molecule has 1 aromatic carbocycles. The van der Waals surface area contributed by atoms with Crippen molar-refractivity contribution in [3.8, 4) is 22.8 Å². The Morgan fingerprint density at radius 3 is 2.63 bits per heavy atom. The fraction of sp³-hybridized carbons (Fsp3) is 0.231. The molecule has 0 atom stereocenters. The molecule has 2 N–H and O–H groups in total. The summed E-state index contributed by atoms with van der Waals surface area (Å²) in [7, 11) is 4.99. The maximum atomic E-state index is 13.2. The van der Waals surface area contributed by atoms with Crippen molar-refractivity contribution in [3.05, 3.63) is 89.2 Å². The van der Waals surface area contributed by atoms with E-state index < -0.39 is 0 Å². The van der Waals surface area contributed by atoms with Gasteiger partial charge in [-0.05, 0) is 53.9 Å². The Bertz CT molecular complexity index is 1420. The summed E-state index contributed by atoms with van der Waals surface area (Å²) in [5, 5.41) is 11.2. The highest BCUT2D eigenvalue weighted by atomic mass is 16.5. The van der Waals surface area contributed by atoms with E-state index in [4.69, 9.17) is 14.9 Å². The second-order valence-electron chi connectivity index (χ2n) is 8.22. The SMILES string of the molecule is COc1ccnc(CNC(=O)c2cc(Cn3ccn(C)c3=N)cc(-c3cc(C)cnc3OC)c2)c1. The first-order valence-corrected chi connectivity index (χ1v) is 11.1. The first kappa shape index (κ1) is 23.7. The van der Waals surface area contributed by atoms with E-state index in [2.05, 4.69) is 15.3 Å². The first-order valence-electron chi connectivity index (χ1n) is 11.1. The summed E-state index contributed by atoms with van der Waals surface area (Å²) in [5.41, 5.74) is 5.00. The summed E-state index contributed by atoms with van der Waals surface area (Å²) >= 11 is 0. The summed E-state index contributed by atoms with van der Waals surface area (Å²) in [6.45, 7) is 2.66. The number of carbonyl (C=O) groups excluding carboxylic acids is 1. The number of aromatic nitrogens is 4. The molecule has 0 unspecified atom stereocenters. The molecule has 0 spiro atoms. The van der Waals surface area contributed by atoms with Crippen LogP contribution in [0, 0.1) is 12.3 Å². The number of methoxy groups -OCH3 is 2. The van der Waals surface area contributed by atoms with Crippen LogP contribution in [0.5, 0.6) is 11.6 Å². The van der Waals surface area contributed by atoms with Crippen molar-refractivity contribution >= 4 is 5.91 Å². The fourth-order valence-corrected chi connectivity index (χ4v) is 3.80. The van der Waals surface area contributed by atoms with E-state index in [0.29, 0.717) is 35.0 Å². The number of nitrogens with one attached hydrogen (secondary N) is 2. The van der Waals surface area contributed by atoms with Crippen molar-refractivity contribution < 1.29 is 14.3 Å². The third-order valence-corrected chi connectivity index (χ3v) is 5.63. The Morgan fingerprint density at radius 1 is 1.09 bits per heavy atom. The van der Waals surface area contributed by atoms with E-state index in [1.165, 1.54) is 0 Å². The Morgan fingerprint density at radius 2 is 1.91 bits per heavy atom. The number of hydrogen-bond donors (Lipinski definition) is 2. The zero-order chi connectivity index (χ0) is 24.9. The van der Waals surface area contributed by atoms with Gasteiger partial charge in [0.15, 0.2) is 0 Å². The number of carbonyl (C=O) groups is 1. The van der Waals surface area contributed by atoms with Gasteiger partial charge in [0.25, 0.3) is 5.91 Å². The number of rotatable bonds is 8. The highest BCUT2D eigenvalue weighted by Gasteiger charge is 2.15. The molecule has 9 nitrogen and oxygen atoms in total. The second-order valence-corrected chi connectivity index (χ2v) is 8.22. The van der Waals surface area contributed by atoms with Gasteiger partial charge in [-0.2, -0.15) is 0 Å². The Labute approximate surface area is 203 Å². The molecule has 4 rings (SSSR count). The second kappa shape index (κ2) is 10.3. The van der Waals surface area contributed by atoms with Crippen molar-refractivity contribution in [2.75, 3.05) is 14.2 Å². The molecule has 0 aliphatic carbocycles. The van der Waals surface area contributed by atoms with Crippen LogP contribution in [0.15, 0.2) is 61.2 Å². The minimum absolute atomic E-state index is 0.235. The summed E-state index contributed by atoms with van der Waals surface area (Å²) in [5.74, 6) is 0.924. The molecule has 3 aromatic heterocycles. The topological polar surface area (TPSA) is 107 Å². The smallest absolute Gasteiger partial charge is 0.251 e. The predicted molar refractivity (Wildman–Crippen MR) is 131 cm³/mol. The van der Waals surface area contributed by atoms with Crippen molar-refractivity contribution in [1.29, 1.82) is 5.41 Å².